The van der Waals surface area contributed by atoms with Crippen molar-refractivity contribution >= 4 is 26.8 Å². The highest BCUT2D eigenvalue weighted by Gasteiger charge is 2.37. The predicted octanol–water partition coefficient (Wildman–Crippen LogP) is 2.31. The van der Waals surface area contributed by atoms with Gasteiger partial charge < -0.3 is 4.55 Å². The van der Waals surface area contributed by atoms with Crippen molar-refractivity contribution in [2.45, 2.75) is 44.9 Å². The van der Waals surface area contributed by atoms with Crippen LogP contribution in [0.15, 0.2) is 0 Å². The maximum Gasteiger partial charge on any atom is 0.485 e. The molecular formula is C11H21F3O4S2. The third-order valence-electron chi connectivity index (χ3n) is 2.33. The lowest BCUT2D eigenvalue weighted by atomic mass is 10.1. The summed E-state index contributed by atoms with van der Waals surface area (Å²) >= 11 is 0. The van der Waals surface area contributed by atoms with Gasteiger partial charge >= 0.3 is 5.51 Å². The van der Waals surface area contributed by atoms with Gasteiger partial charge in [0.15, 0.2) is 21.7 Å². The molecule has 0 N–H and O–H groups in total. The number of alkyl halides is 3. The van der Waals surface area contributed by atoms with E-state index in [1.807, 2.05) is 13.8 Å². The molecule has 20 heavy (non-hydrogen) atoms. The van der Waals surface area contributed by atoms with Crippen molar-refractivity contribution in [2.75, 3.05) is 12.0 Å². The van der Waals surface area contributed by atoms with E-state index in [1.165, 1.54) is 0 Å². The van der Waals surface area contributed by atoms with Gasteiger partial charge in [-0.3, -0.25) is 4.79 Å². The molecular weight excluding hydrogens is 317 g/mol. The zero-order valence-electron chi connectivity index (χ0n) is 12.4. The van der Waals surface area contributed by atoms with Crippen LogP contribution in [0.25, 0.3) is 0 Å². The van der Waals surface area contributed by atoms with Crippen LogP contribution in [0.5, 0.6) is 0 Å². The molecule has 1 unspecified atom stereocenters. The molecule has 0 saturated heterocycles. The van der Waals surface area contributed by atoms with Crippen molar-refractivity contribution in [3.8, 4) is 0 Å². The number of hydrogen-bond donors (Lipinski definition) is 0. The van der Waals surface area contributed by atoms with Gasteiger partial charge in [0.25, 0.3) is 0 Å². The molecule has 0 radical (unpaired) electrons. The first-order valence-corrected chi connectivity index (χ1v) is 8.88. The fourth-order valence-electron chi connectivity index (χ4n) is 0.597. The van der Waals surface area contributed by atoms with E-state index in [0.29, 0.717) is 5.78 Å². The second-order valence-electron chi connectivity index (χ2n) is 5.41. The summed E-state index contributed by atoms with van der Waals surface area (Å²) in [5.74, 6) is 1.35. The van der Waals surface area contributed by atoms with Crippen LogP contribution in [-0.4, -0.2) is 41.0 Å². The molecule has 0 aromatic heterocycles. The molecule has 0 heterocycles. The number of ketones is 1. The summed E-state index contributed by atoms with van der Waals surface area (Å²) in [7, 11) is -5.88. The first-order chi connectivity index (χ1) is 8.50. The van der Waals surface area contributed by atoms with Crippen molar-refractivity contribution < 1.29 is 30.9 Å². The minimum Gasteiger partial charge on any atom is -0.741 e. The maximum atomic E-state index is 11.4. The van der Waals surface area contributed by atoms with Crippen LogP contribution >= 0.6 is 0 Å². The minimum atomic E-state index is -6.09. The highest BCUT2D eigenvalue weighted by Crippen LogP contribution is 2.20. The average molecular weight is 338 g/mol. The van der Waals surface area contributed by atoms with Crippen molar-refractivity contribution in [1.29, 1.82) is 0 Å². The lowest BCUT2D eigenvalue weighted by Crippen LogP contribution is -2.33. The fraction of sp³-hybridized carbons (Fsp3) is 0.909. The molecule has 122 valence electrons. The summed E-state index contributed by atoms with van der Waals surface area (Å²) in [5, 5.41) is 0. The monoisotopic (exact) mass is 338 g/mol. The van der Waals surface area contributed by atoms with Crippen LogP contribution in [-0.2, 0) is 25.8 Å². The lowest BCUT2D eigenvalue weighted by Gasteiger charge is -2.18. The van der Waals surface area contributed by atoms with E-state index in [1.54, 1.807) is 0 Å². The summed E-state index contributed by atoms with van der Waals surface area (Å²) in [6.07, 6.45) is 2.18. The first-order valence-electron chi connectivity index (χ1n) is 5.67. The summed E-state index contributed by atoms with van der Waals surface area (Å²) in [5.41, 5.74) is -5.65. The van der Waals surface area contributed by atoms with Gasteiger partial charge in [-0.15, -0.1) is 0 Å². The molecule has 0 aromatic rings. The van der Waals surface area contributed by atoms with Crippen molar-refractivity contribution in [1.82, 2.24) is 0 Å². The first kappa shape index (κ1) is 22.0. The molecule has 1 atom stereocenters. The van der Waals surface area contributed by atoms with Crippen molar-refractivity contribution in [2.24, 2.45) is 5.92 Å². The zero-order chi connectivity index (χ0) is 16.9. The molecule has 0 amide bonds. The maximum absolute atomic E-state index is 11.4. The van der Waals surface area contributed by atoms with E-state index in [-0.39, 0.29) is 21.6 Å². The number of rotatable bonds is 3. The van der Waals surface area contributed by atoms with Gasteiger partial charge in [-0.25, -0.2) is 8.42 Å². The number of hydrogen-bond acceptors (Lipinski definition) is 4. The van der Waals surface area contributed by atoms with Crippen LogP contribution < -0.4 is 0 Å². The van der Waals surface area contributed by atoms with Gasteiger partial charge in [0, 0.05) is 5.92 Å². The Morgan fingerprint density at radius 1 is 1.20 bits per heavy atom. The Labute approximate surface area is 121 Å². The number of Topliss-reactive ketones (excluding diaryl/α,β-unsaturated/α-hetero) is 1. The highest BCUT2D eigenvalue weighted by atomic mass is 32.2. The summed E-state index contributed by atoms with van der Waals surface area (Å²) in [4.78, 5) is 11.4. The molecule has 0 saturated carbocycles. The predicted molar refractivity (Wildman–Crippen MR) is 73.5 cm³/mol. The van der Waals surface area contributed by atoms with Crippen molar-refractivity contribution in [3.63, 3.8) is 0 Å². The average Bonchev–Trinajstić information content (AvgIpc) is 2.13. The molecule has 9 heteroatoms. The Kier molecular flexibility index (Phi) is 8.42. The molecule has 0 aliphatic heterocycles. The molecule has 0 aliphatic rings. The lowest BCUT2D eigenvalue weighted by molar-refractivity contribution is -0.119. The summed E-state index contributed by atoms with van der Waals surface area (Å²) in [6, 6.07) is 0. The van der Waals surface area contributed by atoms with Crippen molar-refractivity contribution in [3.05, 3.63) is 0 Å². The second-order valence-corrected chi connectivity index (χ2v) is 9.57. The van der Waals surface area contributed by atoms with E-state index in [0.717, 1.165) is 5.75 Å². The SMILES string of the molecule is CC(C)C(=O)C[S+](C)C(C)(C)C.O=S(=O)([O-])C(F)(F)F. The standard InChI is InChI=1S/C10H21OS.CHF3O3S/c1-8(2)9(11)7-12(6)10(3,4)5;2-1(3,4)8(5,6)7/h8H,7H2,1-6H3;(H,5,6,7)/q+1;/p-1. The molecule has 0 bridgehead atoms. The number of carbonyl (C=O) groups is 1. The van der Waals surface area contributed by atoms with E-state index >= 15 is 0 Å². The molecule has 0 aliphatic carbocycles. The second kappa shape index (κ2) is 7.65. The zero-order valence-corrected chi connectivity index (χ0v) is 14.0. The van der Waals surface area contributed by atoms with Crippen LogP contribution in [0.1, 0.15) is 34.6 Å². The van der Waals surface area contributed by atoms with Crippen LogP contribution in [0, 0.1) is 5.92 Å². The topological polar surface area (TPSA) is 74.3 Å². The van der Waals surface area contributed by atoms with Gasteiger partial charge in [0.1, 0.15) is 4.75 Å². The Morgan fingerprint density at radius 2 is 1.50 bits per heavy atom. The Balaban J connectivity index is 0. The number of carbonyl (C=O) groups excluding carboxylic acids is 1. The summed E-state index contributed by atoms with van der Waals surface area (Å²) < 4.78 is 59.2. The Hall–Kier alpha value is -0.280. The van der Waals surface area contributed by atoms with Crippen LogP contribution in [0.4, 0.5) is 13.2 Å². The van der Waals surface area contributed by atoms with E-state index < -0.39 is 15.6 Å². The molecule has 4 nitrogen and oxygen atoms in total. The van der Waals surface area contributed by atoms with Gasteiger partial charge in [0.05, 0.1) is 6.26 Å². The third-order valence-corrected chi connectivity index (χ3v) is 5.71. The van der Waals surface area contributed by atoms with Crippen LogP contribution in [0.2, 0.25) is 0 Å². The van der Waals surface area contributed by atoms with E-state index in [9.17, 15) is 18.0 Å². The van der Waals surface area contributed by atoms with Gasteiger partial charge in [-0.1, -0.05) is 13.8 Å². The van der Waals surface area contributed by atoms with E-state index in [4.69, 9.17) is 13.0 Å². The van der Waals surface area contributed by atoms with E-state index in [2.05, 4.69) is 27.0 Å². The fourth-order valence-corrected chi connectivity index (χ4v) is 1.79. The third kappa shape index (κ3) is 9.60. The molecule has 0 spiro atoms. The Bertz CT molecular complexity index is 408. The minimum absolute atomic E-state index is 0.197. The quantitative estimate of drug-likeness (QED) is 0.450. The molecule has 0 rings (SSSR count). The highest BCUT2D eigenvalue weighted by molar-refractivity contribution is 7.98. The molecule has 0 aromatic carbocycles. The van der Waals surface area contributed by atoms with Gasteiger partial charge in [0.2, 0.25) is 0 Å². The largest absolute Gasteiger partial charge is 0.741 e. The Morgan fingerprint density at radius 3 is 1.65 bits per heavy atom. The summed E-state index contributed by atoms with van der Waals surface area (Å²) in [6.45, 7) is 10.5. The normalized spacial score (nSPS) is 14.6. The van der Waals surface area contributed by atoms with Gasteiger partial charge in [-0.05, 0) is 31.7 Å². The number of halogens is 3. The van der Waals surface area contributed by atoms with Crippen LogP contribution in [0.3, 0.4) is 0 Å². The smallest absolute Gasteiger partial charge is 0.485 e. The molecule has 0 fully saturated rings. The van der Waals surface area contributed by atoms with Gasteiger partial charge in [-0.2, -0.15) is 13.2 Å².